The highest BCUT2D eigenvalue weighted by Gasteiger charge is 2.14. The van der Waals surface area contributed by atoms with Crippen LogP contribution in [-0.2, 0) is 4.79 Å². The predicted molar refractivity (Wildman–Crippen MR) is 81.0 cm³/mol. The minimum atomic E-state index is 0.0530. The molecule has 0 radical (unpaired) electrons. The van der Waals surface area contributed by atoms with E-state index in [9.17, 15) is 4.79 Å². The van der Waals surface area contributed by atoms with Gasteiger partial charge in [-0.15, -0.1) is 0 Å². The van der Waals surface area contributed by atoms with Crippen LogP contribution in [0.2, 0.25) is 0 Å². The van der Waals surface area contributed by atoms with Crippen LogP contribution in [0.1, 0.15) is 25.7 Å². The van der Waals surface area contributed by atoms with Gasteiger partial charge in [-0.1, -0.05) is 6.42 Å². The number of hydrogen-bond acceptors (Lipinski definition) is 4. The third-order valence-corrected chi connectivity index (χ3v) is 3.93. The molecule has 114 valence electrons. The van der Waals surface area contributed by atoms with Crippen molar-refractivity contribution in [3.05, 3.63) is 18.2 Å². The van der Waals surface area contributed by atoms with Gasteiger partial charge in [0.2, 0.25) is 5.91 Å². The van der Waals surface area contributed by atoms with Crippen molar-refractivity contribution in [1.82, 2.24) is 4.90 Å². The van der Waals surface area contributed by atoms with Crippen molar-refractivity contribution in [2.45, 2.75) is 25.7 Å². The summed E-state index contributed by atoms with van der Waals surface area (Å²) >= 11 is 0. The molecule has 5 nitrogen and oxygen atoms in total. The number of amides is 1. The molecular formula is C16H22N2O3. The lowest BCUT2D eigenvalue weighted by atomic mass is 10.1. The van der Waals surface area contributed by atoms with Crippen molar-refractivity contribution < 1.29 is 14.3 Å². The number of nitrogens with zero attached hydrogens (tertiary/aromatic N) is 1. The van der Waals surface area contributed by atoms with E-state index < -0.39 is 0 Å². The number of hydrogen-bond donors (Lipinski definition) is 1. The van der Waals surface area contributed by atoms with Crippen molar-refractivity contribution in [3.63, 3.8) is 0 Å². The summed E-state index contributed by atoms with van der Waals surface area (Å²) in [5.74, 6) is 1.50. The third-order valence-electron chi connectivity index (χ3n) is 3.93. The molecule has 0 aromatic heterocycles. The maximum atomic E-state index is 12.0. The van der Waals surface area contributed by atoms with E-state index in [1.807, 2.05) is 18.2 Å². The number of fused-ring (bicyclic) bond motifs is 1. The van der Waals surface area contributed by atoms with Gasteiger partial charge in [0.05, 0.1) is 0 Å². The summed E-state index contributed by atoms with van der Waals surface area (Å²) in [7, 11) is 0. The van der Waals surface area contributed by atoms with Crippen molar-refractivity contribution in [3.8, 4) is 11.5 Å². The molecule has 5 heteroatoms. The first-order chi connectivity index (χ1) is 10.3. The molecule has 1 aromatic carbocycles. The summed E-state index contributed by atoms with van der Waals surface area (Å²) in [5.41, 5.74) is 0.767. The maximum Gasteiger partial charge on any atom is 0.225 e. The van der Waals surface area contributed by atoms with Crippen LogP contribution in [0.5, 0.6) is 11.5 Å². The molecule has 0 unspecified atom stereocenters. The lowest BCUT2D eigenvalue weighted by Crippen LogP contribution is -2.32. The minimum Gasteiger partial charge on any atom is -0.486 e. The molecule has 0 spiro atoms. The van der Waals surface area contributed by atoms with E-state index in [1.54, 1.807) is 0 Å². The van der Waals surface area contributed by atoms with Crippen molar-refractivity contribution in [2.75, 3.05) is 38.2 Å². The molecule has 2 aliphatic heterocycles. The molecule has 1 saturated heterocycles. The summed E-state index contributed by atoms with van der Waals surface area (Å²) < 4.78 is 11.0. The summed E-state index contributed by atoms with van der Waals surface area (Å²) in [6, 6.07) is 5.52. The van der Waals surface area contributed by atoms with E-state index in [2.05, 4.69) is 10.2 Å². The number of carbonyl (C=O) groups excluding carboxylic acids is 1. The van der Waals surface area contributed by atoms with Gasteiger partial charge in [0.15, 0.2) is 11.5 Å². The van der Waals surface area contributed by atoms with E-state index >= 15 is 0 Å². The van der Waals surface area contributed by atoms with Gasteiger partial charge in [0.25, 0.3) is 0 Å². The van der Waals surface area contributed by atoms with Crippen LogP contribution in [0.3, 0.4) is 0 Å². The predicted octanol–water partition coefficient (Wildman–Crippen LogP) is 2.27. The molecular weight excluding hydrogens is 268 g/mol. The van der Waals surface area contributed by atoms with Gasteiger partial charge in [0.1, 0.15) is 13.2 Å². The monoisotopic (exact) mass is 290 g/mol. The zero-order valence-electron chi connectivity index (χ0n) is 12.3. The molecule has 1 aromatic rings. The van der Waals surface area contributed by atoms with Crippen LogP contribution < -0.4 is 14.8 Å². The van der Waals surface area contributed by atoms with Crippen LogP contribution in [0.4, 0.5) is 5.69 Å². The molecule has 2 aliphatic rings. The highest BCUT2D eigenvalue weighted by molar-refractivity contribution is 5.91. The van der Waals surface area contributed by atoms with Crippen LogP contribution in [0, 0.1) is 0 Å². The zero-order valence-corrected chi connectivity index (χ0v) is 12.3. The van der Waals surface area contributed by atoms with E-state index in [4.69, 9.17) is 9.47 Å². The minimum absolute atomic E-state index is 0.0530. The van der Waals surface area contributed by atoms with Crippen molar-refractivity contribution in [2.24, 2.45) is 0 Å². The normalized spacial score (nSPS) is 18.3. The SMILES string of the molecule is O=C(CCN1CCCCC1)Nc1ccc2c(c1)OCCO2. The quantitative estimate of drug-likeness (QED) is 0.924. The Morgan fingerprint density at radius 1 is 1.10 bits per heavy atom. The second kappa shape index (κ2) is 6.80. The van der Waals surface area contributed by atoms with Crippen molar-refractivity contribution in [1.29, 1.82) is 0 Å². The summed E-state index contributed by atoms with van der Waals surface area (Å²) in [6.07, 6.45) is 4.36. The van der Waals surface area contributed by atoms with Crippen molar-refractivity contribution >= 4 is 11.6 Å². The Hall–Kier alpha value is -1.75. The number of benzene rings is 1. The first kappa shape index (κ1) is 14.2. The Balaban J connectivity index is 1.50. The smallest absolute Gasteiger partial charge is 0.225 e. The molecule has 1 amide bonds. The fourth-order valence-electron chi connectivity index (χ4n) is 2.79. The van der Waals surface area contributed by atoms with Crippen LogP contribution in [-0.4, -0.2) is 43.7 Å². The fraction of sp³-hybridized carbons (Fsp3) is 0.562. The first-order valence-corrected chi connectivity index (χ1v) is 7.73. The van der Waals surface area contributed by atoms with E-state index in [0.717, 1.165) is 31.1 Å². The van der Waals surface area contributed by atoms with Crippen LogP contribution >= 0.6 is 0 Å². The number of likely N-dealkylation sites (tertiary alicyclic amines) is 1. The van der Waals surface area contributed by atoms with E-state index in [1.165, 1.54) is 19.3 Å². The Bertz CT molecular complexity index is 498. The number of nitrogens with one attached hydrogen (secondary N) is 1. The lowest BCUT2D eigenvalue weighted by molar-refractivity contribution is -0.116. The van der Waals surface area contributed by atoms with Gasteiger partial charge in [0, 0.05) is 24.7 Å². The topological polar surface area (TPSA) is 50.8 Å². The average Bonchev–Trinajstić information content (AvgIpc) is 2.54. The molecule has 21 heavy (non-hydrogen) atoms. The molecule has 0 bridgehead atoms. The highest BCUT2D eigenvalue weighted by atomic mass is 16.6. The van der Waals surface area contributed by atoms with Gasteiger partial charge >= 0.3 is 0 Å². The van der Waals surface area contributed by atoms with Crippen LogP contribution in [0.15, 0.2) is 18.2 Å². The zero-order chi connectivity index (χ0) is 14.5. The standard InChI is InChI=1S/C16H22N2O3/c19-16(6-9-18-7-2-1-3-8-18)17-13-4-5-14-15(12-13)21-11-10-20-14/h4-5,12H,1-3,6-11H2,(H,17,19). The number of rotatable bonds is 4. The molecule has 1 N–H and O–H groups in total. The molecule has 0 saturated carbocycles. The highest BCUT2D eigenvalue weighted by Crippen LogP contribution is 2.32. The molecule has 0 aliphatic carbocycles. The Morgan fingerprint density at radius 2 is 1.86 bits per heavy atom. The maximum absolute atomic E-state index is 12.0. The third kappa shape index (κ3) is 3.88. The second-order valence-corrected chi connectivity index (χ2v) is 5.56. The summed E-state index contributed by atoms with van der Waals surface area (Å²) in [5, 5.41) is 2.93. The first-order valence-electron chi connectivity index (χ1n) is 7.73. The van der Waals surface area contributed by atoms with Gasteiger partial charge < -0.3 is 19.7 Å². The van der Waals surface area contributed by atoms with Gasteiger partial charge in [-0.25, -0.2) is 0 Å². The lowest BCUT2D eigenvalue weighted by Gasteiger charge is -2.26. The number of carbonyl (C=O) groups is 1. The molecule has 1 fully saturated rings. The van der Waals surface area contributed by atoms with Gasteiger partial charge in [-0.3, -0.25) is 4.79 Å². The molecule has 0 atom stereocenters. The Kier molecular flexibility index (Phi) is 4.60. The fourth-order valence-corrected chi connectivity index (χ4v) is 2.79. The second-order valence-electron chi connectivity index (χ2n) is 5.56. The average molecular weight is 290 g/mol. The van der Waals surface area contributed by atoms with E-state index in [0.29, 0.717) is 25.4 Å². The number of anilines is 1. The van der Waals surface area contributed by atoms with Gasteiger partial charge in [-0.2, -0.15) is 0 Å². The summed E-state index contributed by atoms with van der Waals surface area (Å²) in [6.45, 7) is 4.22. The summed E-state index contributed by atoms with van der Waals surface area (Å²) in [4.78, 5) is 14.4. The van der Waals surface area contributed by atoms with E-state index in [-0.39, 0.29) is 5.91 Å². The largest absolute Gasteiger partial charge is 0.486 e. The Labute approximate surface area is 125 Å². The number of ether oxygens (including phenoxy) is 2. The van der Waals surface area contributed by atoms with Crippen LogP contribution in [0.25, 0.3) is 0 Å². The molecule has 3 rings (SSSR count). The Morgan fingerprint density at radius 3 is 2.67 bits per heavy atom. The van der Waals surface area contributed by atoms with Gasteiger partial charge in [-0.05, 0) is 38.1 Å². The number of piperidine rings is 1. The molecule has 2 heterocycles.